The van der Waals surface area contributed by atoms with Gasteiger partial charge in [-0.25, -0.2) is 4.98 Å². The van der Waals surface area contributed by atoms with Crippen molar-refractivity contribution in [3.63, 3.8) is 0 Å². The fourth-order valence-corrected chi connectivity index (χ4v) is 2.95. The van der Waals surface area contributed by atoms with Gasteiger partial charge in [-0.1, -0.05) is 6.92 Å². The molecule has 0 unspecified atom stereocenters. The van der Waals surface area contributed by atoms with E-state index in [1.54, 1.807) is 13.3 Å². The average Bonchev–Trinajstić information content (AvgIpc) is 2.64. The van der Waals surface area contributed by atoms with Crippen LogP contribution in [0.4, 0.5) is 23.1 Å². The molecule has 0 atom stereocenters. The quantitative estimate of drug-likeness (QED) is 0.752. The van der Waals surface area contributed by atoms with Crippen molar-refractivity contribution < 1.29 is 4.74 Å². The lowest BCUT2D eigenvalue weighted by molar-refractivity contribution is 0.210. The maximum Gasteiger partial charge on any atom is 0.224 e. The standard InChI is InChI=1S/C19H27N5O/c1-15-8-12-24(13-9-15)17-5-3-16(4-6-17)22-18-7-10-20-19(23-18)21-11-14-25-2/h3-7,10,15H,8-9,11-14H2,1-2H3,(H2,20,21,22,23). The number of ether oxygens (including phenoxy) is 1. The SMILES string of the molecule is COCCNc1nccc(Nc2ccc(N3CCC(C)CC3)cc2)n1. The molecule has 2 N–H and O–H groups in total. The van der Waals surface area contributed by atoms with Gasteiger partial charge in [0.25, 0.3) is 0 Å². The van der Waals surface area contributed by atoms with E-state index in [9.17, 15) is 0 Å². The van der Waals surface area contributed by atoms with E-state index in [1.165, 1.54) is 18.5 Å². The van der Waals surface area contributed by atoms with Crippen LogP contribution in [-0.2, 0) is 4.74 Å². The highest BCUT2D eigenvalue weighted by atomic mass is 16.5. The van der Waals surface area contributed by atoms with E-state index >= 15 is 0 Å². The van der Waals surface area contributed by atoms with Gasteiger partial charge in [-0.15, -0.1) is 0 Å². The number of methoxy groups -OCH3 is 1. The molecule has 2 heterocycles. The molecule has 0 radical (unpaired) electrons. The van der Waals surface area contributed by atoms with Gasteiger partial charge >= 0.3 is 0 Å². The smallest absolute Gasteiger partial charge is 0.224 e. The van der Waals surface area contributed by atoms with Crippen molar-refractivity contribution in [2.75, 3.05) is 48.9 Å². The van der Waals surface area contributed by atoms with Gasteiger partial charge in [0.15, 0.2) is 0 Å². The first-order chi connectivity index (χ1) is 12.2. The van der Waals surface area contributed by atoms with Crippen molar-refractivity contribution in [1.82, 2.24) is 9.97 Å². The van der Waals surface area contributed by atoms with Crippen molar-refractivity contribution in [3.05, 3.63) is 36.5 Å². The molecule has 1 aromatic heterocycles. The minimum absolute atomic E-state index is 0.598. The predicted octanol–water partition coefficient (Wildman–Crippen LogP) is 3.51. The molecule has 0 aliphatic carbocycles. The van der Waals surface area contributed by atoms with Crippen molar-refractivity contribution in [1.29, 1.82) is 0 Å². The summed E-state index contributed by atoms with van der Waals surface area (Å²) in [5.41, 5.74) is 2.32. The second-order valence-corrected chi connectivity index (χ2v) is 6.53. The lowest BCUT2D eigenvalue weighted by Crippen LogP contribution is -2.32. The number of piperidine rings is 1. The van der Waals surface area contributed by atoms with Crippen LogP contribution in [0.25, 0.3) is 0 Å². The lowest BCUT2D eigenvalue weighted by atomic mass is 9.99. The van der Waals surface area contributed by atoms with Crippen LogP contribution in [-0.4, -0.2) is 43.3 Å². The van der Waals surface area contributed by atoms with Crippen LogP contribution in [0.5, 0.6) is 0 Å². The monoisotopic (exact) mass is 341 g/mol. The Balaban J connectivity index is 1.58. The number of benzene rings is 1. The maximum atomic E-state index is 5.02. The summed E-state index contributed by atoms with van der Waals surface area (Å²) in [4.78, 5) is 11.1. The Morgan fingerprint density at radius 3 is 2.64 bits per heavy atom. The summed E-state index contributed by atoms with van der Waals surface area (Å²) < 4.78 is 5.02. The maximum absolute atomic E-state index is 5.02. The summed E-state index contributed by atoms with van der Waals surface area (Å²) >= 11 is 0. The Morgan fingerprint density at radius 2 is 1.92 bits per heavy atom. The molecule has 1 aliphatic rings. The van der Waals surface area contributed by atoms with Gasteiger partial charge in [0.05, 0.1) is 6.61 Å². The number of aromatic nitrogens is 2. The van der Waals surface area contributed by atoms with Crippen molar-refractivity contribution in [2.24, 2.45) is 5.92 Å². The minimum atomic E-state index is 0.598. The fraction of sp³-hybridized carbons (Fsp3) is 0.474. The lowest BCUT2D eigenvalue weighted by Gasteiger charge is -2.32. The van der Waals surface area contributed by atoms with Gasteiger partial charge in [0.2, 0.25) is 5.95 Å². The molecule has 0 spiro atoms. The second-order valence-electron chi connectivity index (χ2n) is 6.53. The number of nitrogens with one attached hydrogen (secondary N) is 2. The van der Waals surface area contributed by atoms with E-state index in [2.05, 4.69) is 56.7 Å². The summed E-state index contributed by atoms with van der Waals surface area (Å²) in [7, 11) is 1.68. The highest BCUT2D eigenvalue weighted by Crippen LogP contribution is 2.25. The minimum Gasteiger partial charge on any atom is -0.383 e. The average molecular weight is 341 g/mol. The Bertz CT molecular complexity index is 653. The zero-order valence-electron chi connectivity index (χ0n) is 15.0. The number of anilines is 4. The Labute approximate surface area is 149 Å². The van der Waals surface area contributed by atoms with E-state index in [0.29, 0.717) is 19.1 Å². The van der Waals surface area contributed by atoms with Crippen LogP contribution in [0.1, 0.15) is 19.8 Å². The molecule has 25 heavy (non-hydrogen) atoms. The summed E-state index contributed by atoms with van der Waals surface area (Å²) in [5, 5.41) is 6.46. The molecule has 0 saturated carbocycles. The third-order valence-electron chi connectivity index (χ3n) is 4.53. The second kappa shape index (κ2) is 8.67. The fourth-order valence-electron chi connectivity index (χ4n) is 2.95. The van der Waals surface area contributed by atoms with Crippen molar-refractivity contribution >= 4 is 23.1 Å². The van der Waals surface area contributed by atoms with Crippen LogP contribution in [0.3, 0.4) is 0 Å². The van der Waals surface area contributed by atoms with Crippen LogP contribution in [0.2, 0.25) is 0 Å². The van der Waals surface area contributed by atoms with E-state index in [1.807, 2.05) is 6.07 Å². The topological polar surface area (TPSA) is 62.3 Å². The Morgan fingerprint density at radius 1 is 1.16 bits per heavy atom. The van der Waals surface area contributed by atoms with Crippen molar-refractivity contribution in [2.45, 2.75) is 19.8 Å². The number of rotatable bonds is 7. The Kier molecular flexibility index (Phi) is 6.06. The number of hydrogen-bond acceptors (Lipinski definition) is 6. The normalized spacial score (nSPS) is 15.2. The molecule has 1 aromatic carbocycles. The molecule has 134 valence electrons. The van der Waals surface area contributed by atoms with Crippen LogP contribution in [0, 0.1) is 5.92 Å². The first-order valence-corrected chi connectivity index (χ1v) is 8.92. The van der Waals surface area contributed by atoms with Gasteiger partial charge in [0, 0.05) is 44.3 Å². The molecule has 0 amide bonds. The van der Waals surface area contributed by atoms with Gasteiger partial charge in [0.1, 0.15) is 5.82 Å². The predicted molar refractivity (Wildman–Crippen MR) is 103 cm³/mol. The van der Waals surface area contributed by atoms with Gasteiger partial charge < -0.3 is 20.3 Å². The molecule has 0 bridgehead atoms. The van der Waals surface area contributed by atoms with Crippen LogP contribution >= 0.6 is 0 Å². The van der Waals surface area contributed by atoms with Gasteiger partial charge in [-0.3, -0.25) is 0 Å². The van der Waals surface area contributed by atoms with Gasteiger partial charge in [-0.05, 0) is 49.1 Å². The number of nitrogens with zero attached hydrogens (tertiary/aromatic N) is 3. The highest BCUT2D eigenvalue weighted by molar-refractivity contribution is 5.61. The van der Waals surface area contributed by atoms with Crippen molar-refractivity contribution in [3.8, 4) is 0 Å². The summed E-state index contributed by atoms with van der Waals surface area (Å²) in [6.45, 7) is 5.94. The van der Waals surface area contributed by atoms with E-state index < -0.39 is 0 Å². The first-order valence-electron chi connectivity index (χ1n) is 8.92. The molecular weight excluding hydrogens is 314 g/mol. The largest absolute Gasteiger partial charge is 0.383 e. The molecule has 1 fully saturated rings. The highest BCUT2D eigenvalue weighted by Gasteiger charge is 2.15. The van der Waals surface area contributed by atoms with E-state index in [-0.39, 0.29) is 0 Å². The molecule has 1 aliphatic heterocycles. The molecule has 1 saturated heterocycles. The summed E-state index contributed by atoms with van der Waals surface area (Å²) in [6.07, 6.45) is 4.30. The number of hydrogen-bond donors (Lipinski definition) is 2. The van der Waals surface area contributed by atoms with E-state index in [0.717, 1.165) is 30.5 Å². The van der Waals surface area contributed by atoms with Crippen LogP contribution in [0.15, 0.2) is 36.5 Å². The van der Waals surface area contributed by atoms with Gasteiger partial charge in [-0.2, -0.15) is 4.98 Å². The Hall–Kier alpha value is -2.34. The summed E-state index contributed by atoms with van der Waals surface area (Å²) in [5.74, 6) is 2.22. The van der Waals surface area contributed by atoms with E-state index in [4.69, 9.17) is 4.74 Å². The first kappa shape index (κ1) is 17.5. The third-order valence-corrected chi connectivity index (χ3v) is 4.53. The zero-order valence-corrected chi connectivity index (χ0v) is 15.0. The molecule has 6 nitrogen and oxygen atoms in total. The summed E-state index contributed by atoms with van der Waals surface area (Å²) in [6, 6.07) is 10.4. The zero-order chi connectivity index (χ0) is 17.5. The molecule has 6 heteroatoms. The third kappa shape index (κ3) is 5.06. The van der Waals surface area contributed by atoms with Crippen LogP contribution < -0.4 is 15.5 Å². The molecule has 3 rings (SSSR count). The molecule has 2 aromatic rings. The molecular formula is C19H27N5O.